The van der Waals surface area contributed by atoms with Crippen LogP contribution in [0.3, 0.4) is 0 Å². The summed E-state index contributed by atoms with van der Waals surface area (Å²) in [6, 6.07) is 16.3. The number of hydroxylamine groups is 1. The smallest absolute Gasteiger partial charge is 0.337 e. The van der Waals surface area contributed by atoms with Gasteiger partial charge in [-0.05, 0) is 88.8 Å². The molecule has 5 aliphatic heterocycles. The summed E-state index contributed by atoms with van der Waals surface area (Å²) < 4.78 is 26.4. The minimum absolute atomic E-state index is 0.0517. The number of hydrogen-bond acceptors (Lipinski definition) is 12. The molecule has 8 rings (SSSR count). The van der Waals surface area contributed by atoms with Crippen molar-refractivity contribution in [3.63, 3.8) is 0 Å². The maximum atomic E-state index is 12.9. The minimum Gasteiger partial charge on any atom is -0.492 e. The first kappa shape index (κ1) is 46.4. The summed E-state index contributed by atoms with van der Waals surface area (Å²) in [4.78, 5) is 67.7. The Labute approximate surface area is 368 Å². The van der Waals surface area contributed by atoms with Crippen LogP contribution >= 0.6 is 0 Å². The molecule has 0 bridgehead atoms. The van der Waals surface area contributed by atoms with Crippen molar-refractivity contribution in [2.24, 2.45) is 0 Å². The number of likely N-dealkylation sites (tertiary alicyclic amines) is 2. The molecule has 340 valence electrons. The number of esters is 2. The second kappa shape index (κ2) is 22.3. The summed E-state index contributed by atoms with van der Waals surface area (Å²) in [5.41, 5.74) is 5.76. The van der Waals surface area contributed by atoms with E-state index in [2.05, 4.69) is 23.9 Å². The number of ether oxygens (including phenoxy) is 5. The number of nitrogens with zero attached hydrogens (tertiary/aromatic N) is 4. The van der Waals surface area contributed by atoms with E-state index in [-0.39, 0.29) is 36.1 Å². The predicted molar refractivity (Wildman–Crippen MR) is 231 cm³/mol. The standard InChI is InChI=1S/C18H24N2O4.C17H23N3O4.C11H13NO3/c1-13-5-3-4-8-20(13)18(22)19-9-10-24-16-11-14(17(21)23-2)6-7-15(16)12-19;1-12-4-2-3-7-20(12)17(22)19-8-9-24-15-10-13(16(21)18-23)5-6-14(15)11-19;1-14-11(13)8-2-3-9-7-12-4-5-15-10(9)6-8/h6-7,11,13H,3-5,8-10,12H2,1-2H3;5-6,10,12,23H,2-4,7-9,11H2,1H3,(H,18,21);2-3,6,12H,4-5,7H2,1H3. The normalized spacial score (nSPS) is 19.3. The lowest BCUT2D eigenvalue weighted by Crippen LogP contribution is -2.49. The van der Waals surface area contributed by atoms with Gasteiger partial charge in [-0.25, -0.2) is 24.7 Å². The lowest BCUT2D eigenvalue weighted by Gasteiger charge is -2.37. The van der Waals surface area contributed by atoms with Crippen LogP contribution in [0.4, 0.5) is 9.59 Å². The van der Waals surface area contributed by atoms with Crippen LogP contribution in [0.2, 0.25) is 0 Å². The van der Waals surface area contributed by atoms with Crippen molar-refractivity contribution in [1.82, 2.24) is 30.4 Å². The number of nitrogens with one attached hydrogen (secondary N) is 2. The van der Waals surface area contributed by atoms with E-state index in [0.717, 1.165) is 74.3 Å². The minimum atomic E-state index is -0.583. The Kier molecular flexibility index (Phi) is 16.5. The van der Waals surface area contributed by atoms with Gasteiger partial charge < -0.3 is 48.6 Å². The van der Waals surface area contributed by atoms with Crippen LogP contribution in [-0.2, 0) is 29.1 Å². The molecule has 2 saturated heterocycles. The van der Waals surface area contributed by atoms with Gasteiger partial charge in [0.25, 0.3) is 5.91 Å². The molecular formula is C46H60N6O11. The van der Waals surface area contributed by atoms with Crippen molar-refractivity contribution in [1.29, 1.82) is 0 Å². The molecule has 3 N–H and O–H groups in total. The summed E-state index contributed by atoms with van der Waals surface area (Å²) in [6.07, 6.45) is 6.59. The van der Waals surface area contributed by atoms with E-state index in [1.165, 1.54) is 27.1 Å². The van der Waals surface area contributed by atoms with Gasteiger partial charge in [0.1, 0.15) is 37.1 Å². The number of carbonyl (C=O) groups is 5. The Morgan fingerprint density at radius 1 is 0.619 bits per heavy atom. The monoisotopic (exact) mass is 872 g/mol. The number of benzene rings is 3. The van der Waals surface area contributed by atoms with E-state index in [9.17, 15) is 24.0 Å². The maximum Gasteiger partial charge on any atom is 0.337 e. The Balaban J connectivity index is 0.000000162. The van der Waals surface area contributed by atoms with Crippen molar-refractivity contribution >= 4 is 29.9 Å². The van der Waals surface area contributed by atoms with Gasteiger partial charge in [0, 0.05) is 60.5 Å². The van der Waals surface area contributed by atoms with Crippen LogP contribution in [-0.4, -0.2) is 134 Å². The first-order chi connectivity index (χ1) is 30.5. The van der Waals surface area contributed by atoms with Gasteiger partial charge in [-0.2, -0.15) is 0 Å². The van der Waals surface area contributed by atoms with Gasteiger partial charge in [0.2, 0.25) is 0 Å². The number of urea groups is 2. The summed E-state index contributed by atoms with van der Waals surface area (Å²) in [7, 11) is 2.73. The fourth-order valence-corrected chi connectivity index (χ4v) is 8.18. The van der Waals surface area contributed by atoms with Crippen LogP contribution in [0.25, 0.3) is 0 Å². The van der Waals surface area contributed by atoms with E-state index in [4.69, 9.17) is 24.2 Å². The highest BCUT2D eigenvalue weighted by Gasteiger charge is 2.31. The van der Waals surface area contributed by atoms with Gasteiger partial charge in [0.05, 0.1) is 51.5 Å². The number of carbonyl (C=O) groups excluding carboxylic acids is 5. The zero-order valence-corrected chi connectivity index (χ0v) is 36.7. The summed E-state index contributed by atoms with van der Waals surface area (Å²) >= 11 is 0. The lowest BCUT2D eigenvalue weighted by molar-refractivity contribution is 0.0591. The second-order valence-electron chi connectivity index (χ2n) is 16.1. The largest absolute Gasteiger partial charge is 0.492 e. The average molecular weight is 873 g/mol. The molecule has 0 spiro atoms. The fourth-order valence-electron chi connectivity index (χ4n) is 8.18. The Bertz CT molecular complexity index is 1990. The van der Waals surface area contributed by atoms with Crippen molar-refractivity contribution < 1.29 is 52.9 Å². The van der Waals surface area contributed by atoms with E-state index >= 15 is 0 Å². The molecule has 5 heterocycles. The number of methoxy groups -OCH3 is 2. The molecule has 17 nitrogen and oxygen atoms in total. The Hall–Kier alpha value is -6.07. The number of piperidine rings is 2. The van der Waals surface area contributed by atoms with Crippen molar-refractivity contribution in [3.8, 4) is 17.2 Å². The van der Waals surface area contributed by atoms with Crippen LogP contribution in [0.5, 0.6) is 17.2 Å². The van der Waals surface area contributed by atoms with Gasteiger partial charge >= 0.3 is 24.0 Å². The maximum absolute atomic E-state index is 12.9. The molecule has 17 heteroatoms. The zero-order chi connectivity index (χ0) is 44.9. The highest BCUT2D eigenvalue weighted by atomic mass is 16.5. The molecule has 0 aliphatic carbocycles. The third kappa shape index (κ3) is 11.9. The predicted octanol–water partition coefficient (Wildman–Crippen LogP) is 5.61. The van der Waals surface area contributed by atoms with Gasteiger partial charge in [-0.15, -0.1) is 0 Å². The number of hydrogen-bond donors (Lipinski definition) is 3. The van der Waals surface area contributed by atoms with E-state index in [1.54, 1.807) is 52.8 Å². The molecule has 0 radical (unpaired) electrons. The average Bonchev–Trinajstić information content (AvgIpc) is 3.79. The molecule has 0 aromatic heterocycles. The summed E-state index contributed by atoms with van der Waals surface area (Å²) in [5, 5.41) is 12.0. The molecule has 5 aliphatic rings. The van der Waals surface area contributed by atoms with Crippen molar-refractivity contribution in [3.05, 3.63) is 88.0 Å². The molecule has 5 amide bonds. The van der Waals surface area contributed by atoms with Crippen LogP contribution < -0.4 is 25.0 Å². The van der Waals surface area contributed by atoms with E-state index in [1.807, 2.05) is 26.8 Å². The molecule has 3 aromatic rings. The van der Waals surface area contributed by atoms with Gasteiger partial charge in [-0.1, -0.05) is 18.2 Å². The molecule has 63 heavy (non-hydrogen) atoms. The first-order valence-electron chi connectivity index (χ1n) is 21.7. The highest BCUT2D eigenvalue weighted by molar-refractivity contribution is 5.94. The number of fused-ring (bicyclic) bond motifs is 3. The molecule has 2 fully saturated rings. The fraction of sp³-hybridized carbons (Fsp3) is 0.500. The molecule has 2 atom stereocenters. The number of amides is 5. The Morgan fingerprint density at radius 2 is 1.06 bits per heavy atom. The first-order valence-corrected chi connectivity index (χ1v) is 21.7. The summed E-state index contributed by atoms with van der Waals surface area (Å²) in [6.45, 7) is 10.9. The lowest BCUT2D eigenvalue weighted by atomic mass is 10.0. The SMILES string of the molecule is CC1CCCCN1C(=O)N1CCOc2cc(C(=O)NO)ccc2C1.COC(=O)c1ccc2c(c1)OCCN(C(=O)N1CCCCC1C)C2.COC(=O)c1ccc2c(c1)OCCNC2. The highest BCUT2D eigenvalue weighted by Crippen LogP contribution is 2.29. The third-order valence-corrected chi connectivity index (χ3v) is 11.9. The van der Waals surface area contributed by atoms with E-state index in [0.29, 0.717) is 74.2 Å². The van der Waals surface area contributed by atoms with Crippen molar-refractivity contribution in [2.75, 3.05) is 66.8 Å². The molecular weight excluding hydrogens is 813 g/mol. The van der Waals surface area contributed by atoms with Crippen LogP contribution in [0.1, 0.15) is 100 Å². The van der Waals surface area contributed by atoms with Gasteiger partial charge in [-0.3, -0.25) is 10.0 Å². The molecule has 0 saturated carbocycles. The van der Waals surface area contributed by atoms with Gasteiger partial charge in [0.15, 0.2) is 0 Å². The Morgan fingerprint density at radius 3 is 1.54 bits per heavy atom. The summed E-state index contributed by atoms with van der Waals surface area (Å²) in [5.74, 6) is 0.695. The van der Waals surface area contributed by atoms with E-state index < -0.39 is 5.91 Å². The molecule has 2 unspecified atom stereocenters. The van der Waals surface area contributed by atoms with Crippen LogP contribution in [0.15, 0.2) is 54.6 Å². The quantitative estimate of drug-likeness (QED) is 0.168. The zero-order valence-electron chi connectivity index (χ0n) is 36.7. The molecule has 3 aromatic carbocycles. The van der Waals surface area contributed by atoms with Crippen molar-refractivity contribution in [2.45, 2.75) is 84.1 Å². The number of rotatable bonds is 3. The second-order valence-corrected chi connectivity index (χ2v) is 16.1. The third-order valence-electron chi connectivity index (χ3n) is 11.9. The van der Waals surface area contributed by atoms with Crippen LogP contribution in [0, 0.1) is 0 Å². The topological polar surface area (TPSA) is 189 Å².